The third kappa shape index (κ3) is 8.19. The third-order valence-corrected chi connectivity index (χ3v) is 5.66. The fraction of sp³-hybridized carbons (Fsp3) is 0.300. The van der Waals surface area contributed by atoms with E-state index >= 15 is 0 Å². The largest absolute Gasteiger partial charge is 0.492 e. The lowest BCUT2D eigenvalue weighted by Gasteiger charge is -2.18. The van der Waals surface area contributed by atoms with Crippen molar-refractivity contribution in [3.05, 3.63) is 42.5 Å². The normalized spacial score (nSPS) is 12.5. The van der Waals surface area contributed by atoms with Gasteiger partial charge in [0.1, 0.15) is 28.6 Å². The minimum absolute atomic E-state index is 0.0118. The number of amides is 1. The van der Waals surface area contributed by atoms with E-state index in [0.717, 1.165) is 0 Å². The van der Waals surface area contributed by atoms with Crippen LogP contribution in [0.2, 0.25) is 0 Å². The Hall–Kier alpha value is -2.32. The van der Waals surface area contributed by atoms with Crippen LogP contribution >= 0.6 is 18.5 Å². The number of ether oxygens (including phenoxy) is 3. The number of methoxy groups -OCH3 is 1. The molecule has 2 rings (SSSR count). The molecule has 0 saturated carbocycles. The van der Waals surface area contributed by atoms with Crippen molar-refractivity contribution in [1.29, 1.82) is 0 Å². The molecule has 0 spiro atoms. The molecule has 2 N–H and O–H groups in total. The first kappa shape index (κ1) is 26.9. The first-order valence-electron chi connectivity index (χ1n) is 9.59. The van der Waals surface area contributed by atoms with Gasteiger partial charge in [-0.15, -0.1) is 0 Å². The highest BCUT2D eigenvalue weighted by atomic mass is 32.2. The number of alkyl halides is 1. The first-order chi connectivity index (χ1) is 15.5. The molecule has 33 heavy (non-hydrogen) atoms. The Kier molecular flexibility index (Phi) is 9.55. The van der Waals surface area contributed by atoms with Crippen molar-refractivity contribution in [2.75, 3.05) is 30.4 Å². The van der Waals surface area contributed by atoms with Crippen molar-refractivity contribution in [2.24, 2.45) is 5.92 Å². The first-order valence-corrected chi connectivity index (χ1v) is 12.2. The maximum atomic E-state index is 13.7. The highest BCUT2D eigenvalue weighted by Gasteiger charge is 2.23. The molecule has 3 unspecified atom stereocenters. The molecule has 0 aliphatic rings. The number of carbonyl (C=O) groups excluding carboxylic acids is 2. The van der Waals surface area contributed by atoms with Gasteiger partial charge in [0, 0.05) is 24.9 Å². The van der Waals surface area contributed by atoms with E-state index in [2.05, 4.69) is 10.0 Å². The molecular formula is C20H25FN2O7P2S. The summed E-state index contributed by atoms with van der Waals surface area (Å²) in [5.41, 5.74) is 0.376. The molecule has 180 valence electrons. The topological polar surface area (TPSA) is 120 Å². The molecular weight excluding hydrogens is 493 g/mol. The van der Waals surface area contributed by atoms with E-state index in [1.807, 2.05) is 18.5 Å². The van der Waals surface area contributed by atoms with Gasteiger partial charge in [0.2, 0.25) is 5.91 Å². The average Bonchev–Trinajstić information content (AvgIpc) is 2.70. The molecule has 9 nitrogen and oxygen atoms in total. The van der Waals surface area contributed by atoms with E-state index in [4.69, 9.17) is 14.2 Å². The number of aldehydes is 1. The predicted octanol–water partition coefficient (Wildman–Crippen LogP) is 3.00. The molecule has 0 saturated heterocycles. The minimum atomic E-state index is -4.13. The van der Waals surface area contributed by atoms with Crippen molar-refractivity contribution in [1.82, 2.24) is 0 Å². The van der Waals surface area contributed by atoms with Crippen molar-refractivity contribution in [2.45, 2.75) is 17.2 Å². The zero-order chi connectivity index (χ0) is 24.6. The van der Waals surface area contributed by atoms with Gasteiger partial charge in [0.15, 0.2) is 0 Å². The summed E-state index contributed by atoms with van der Waals surface area (Å²) in [6, 6.07) is 9.73. The van der Waals surface area contributed by atoms with E-state index in [0.29, 0.717) is 6.29 Å². The fourth-order valence-corrected chi connectivity index (χ4v) is 4.13. The summed E-state index contributed by atoms with van der Waals surface area (Å²) in [6.07, 6.45) is 0.463. The van der Waals surface area contributed by atoms with Crippen LogP contribution in [-0.4, -0.2) is 46.3 Å². The van der Waals surface area contributed by atoms with Crippen LogP contribution < -0.4 is 19.5 Å². The molecule has 1 amide bonds. The second kappa shape index (κ2) is 11.7. The summed E-state index contributed by atoms with van der Waals surface area (Å²) in [5.74, 6) is -1.53. The van der Waals surface area contributed by atoms with E-state index < -0.39 is 27.2 Å². The number of halogens is 1. The summed E-state index contributed by atoms with van der Waals surface area (Å²) in [5, 5.41) is 0.428. The maximum absolute atomic E-state index is 13.7. The van der Waals surface area contributed by atoms with Gasteiger partial charge in [-0.1, -0.05) is 6.07 Å². The molecule has 0 aromatic heterocycles. The second-order valence-electron chi connectivity index (χ2n) is 6.71. The Morgan fingerprint density at radius 3 is 2.55 bits per heavy atom. The lowest BCUT2D eigenvalue weighted by atomic mass is 10.1. The minimum Gasteiger partial charge on any atom is -0.492 e. The van der Waals surface area contributed by atoms with Gasteiger partial charge in [0.05, 0.1) is 18.9 Å². The van der Waals surface area contributed by atoms with Crippen molar-refractivity contribution < 1.29 is 36.6 Å². The van der Waals surface area contributed by atoms with Crippen molar-refractivity contribution in [3.8, 4) is 11.5 Å². The van der Waals surface area contributed by atoms with Crippen LogP contribution in [-0.2, 0) is 24.3 Å². The van der Waals surface area contributed by atoms with E-state index in [1.165, 1.54) is 49.6 Å². The molecule has 2 aromatic rings. The zero-order valence-electron chi connectivity index (χ0n) is 17.9. The Bertz CT molecular complexity index is 1090. The van der Waals surface area contributed by atoms with Gasteiger partial charge in [0.25, 0.3) is 15.4 Å². The molecule has 0 aliphatic carbocycles. The van der Waals surface area contributed by atoms with Crippen molar-refractivity contribution >= 4 is 52.1 Å². The van der Waals surface area contributed by atoms with Gasteiger partial charge in [-0.3, -0.25) is 9.52 Å². The lowest BCUT2D eigenvalue weighted by Crippen LogP contribution is -2.27. The average molecular weight is 518 g/mol. The fourth-order valence-electron chi connectivity index (χ4n) is 2.68. The summed E-state index contributed by atoms with van der Waals surface area (Å²) in [6.45, 7) is 1.74. The number of anilines is 2. The second-order valence-corrected chi connectivity index (χ2v) is 10.6. The van der Waals surface area contributed by atoms with Crippen LogP contribution in [0.4, 0.5) is 15.8 Å². The third-order valence-electron chi connectivity index (χ3n) is 4.01. The Labute approximate surface area is 196 Å². The van der Waals surface area contributed by atoms with Crippen LogP contribution in [0.15, 0.2) is 47.4 Å². The summed E-state index contributed by atoms with van der Waals surface area (Å²) in [4.78, 5) is 23.1. The number of carbonyl (C=O) groups is 2. The highest BCUT2D eigenvalue weighted by Crippen LogP contribution is 2.34. The standard InChI is InChI=1S/C20H25FN2O7P2S/c1-3-29-17-10-14(22-19(25)13(11-24)12-28-2)7-8-18(17)33(26,27)23-15-5-4-6-16(9-15)30-20(21,31)32/h4-11,13,23H,3,12,31-32H2,1-2H3,(H,22,25). The van der Waals surface area contributed by atoms with Gasteiger partial charge in [-0.2, -0.15) is 4.39 Å². The van der Waals surface area contributed by atoms with Crippen LogP contribution in [0, 0.1) is 5.92 Å². The van der Waals surface area contributed by atoms with Crippen LogP contribution in [0.1, 0.15) is 6.92 Å². The number of sulfonamides is 1. The Balaban J connectivity index is 2.30. The summed E-state index contributed by atoms with van der Waals surface area (Å²) in [7, 11) is 0.937. The molecule has 0 heterocycles. The zero-order valence-corrected chi connectivity index (χ0v) is 21.0. The quantitative estimate of drug-likeness (QED) is 0.252. The number of hydrogen-bond acceptors (Lipinski definition) is 7. The number of hydrogen-bond donors (Lipinski definition) is 2. The summed E-state index contributed by atoms with van der Waals surface area (Å²) < 4.78 is 57.4. The Morgan fingerprint density at radius 1 is 1.21 bits per heavy atom. The summed E-state index contributed by atoms with van der Waals surface area (Å²) >= 11 is 0. The van der Waals surface area contributed by atoms with E-state index in [-0.39, 0.29) is 41.0 Å². The molecule has 13 heteroatoms. The SMILES string of the molecule is CCOc1cc(NC(=O)C(C=O)COC)ccc1S(=O)(=O)Nc1cccc(OC(F)(P)P)c1. The monoisotopic (exact) mass is 518 g/mol. The lowest BCUT2D eigenvalue weighted by molar-refractivity contribution is -0.127. The van der Waals surface area contributed by atoms with Gasteiger partial charge < -0.3 is 24.3 Å². The van der Waals surface area contributed by atoms with Crippen LogP contribution in [0.5, 0.6) is 11.5 Å². The number of nitrogens with one attached hydrogen (secondary N) is 2. The van der Waals surface area contributed by atoms with E-state index in [1.54, 1.807) is 6.92 Å². The smallest absolute Gasteiger partial charge is 0.270 e. The van der Waals surface area contributed by atoms with Gasteiger partial charge in [-0.05, 0) is 49.7 Å². The molecule has 0 radical (unpaired) electrons. The number of benzene rings is 2. The Morgan fingerprint density at radius 2 is 1.94 bits per heavy atom. The molecule has 0 fully saturated rings. The van der Waals surface area contributed by atoms with E-state index in [9.17, 15) is 22.4 Å². The van der Waals surface area contributed by atoms with Gasteiger partial charge in [-0.25, -0.2) is 8.42 Å². The van der Waals surface area contributed by atoms with Crippen molar-refractivity contribution in [3.63, 3.8) is 0 Å². The molecule has 0 bridgehead atoms. The molecule has 2 aromatic carbocycles. The van der Waals surface area contributed by atoms with Crippen LogP contribution in [0.3, 0.4) is 0 Å². The molecule has 3 atom stereocenters. The number of rotatable bonds is 12. The van der Waals surface area contributed by atoms with Crippen LogP contribution in [0.25, 0.3) is 0 Å². The maximum Gasteiger partial charge on any atom is 0.270 e. The molecule has 0 aliphatic heterocycles. The van der Waals surface area contributed by atoms with Gasteiger partial charge >= 0.3 is 0 Å². The predicted molar refractivity (Wildman–Crippen MR) is 129 cm³/mol. The highest BCUT2D eigenvalue weighted by molar-refractivity contribution is 7.92.